The molecule has 0 saturated carbocycles. The summed E-state index contributed by atoms with van der Waals surface area (Å²) in [6.45, 7) is 5.89. The molecule has 0 bridgehead atoms. The van der Waals surface area contributed by atoms with Gasteiger partial charge in [0.15, 0.2) is 0 Å². The van der Waals surface area contributed by atoms with Crippen molar-refractivity contribution < 1.29 is 0 Å². The number of fused-ring (bicyclic) bond motifs is 1. The number of imidazole rings is 1. The van der Waals surface area contributed by atoms with Gasteiger partial charge in [-0.2, -0.15) is 4.37 Å². The number of aromatic nitrogens is 4. The maximum absolute atomic E-state index is 4.68. The number of rotatable bonds is 3. The molecule has 3 heterocycles. The highest BCUT2D eigenvalue weighted by Crippen LogP contribution is 2.22. The monoisotopic (exact) mass is 314 g/mol. The lowest BCUT2D eigenvalue weighted by Gasteiger charge is -2.34. The molecule has 22 heavy (non-hydrogen) atoms. The molecular formula is C15H18N6S. The highest BCUT2D eigenvalue weighted by molar-refractivity contribution is 7.09. The van der Waals surface area contributed by atoms with Crippen molar-refractivity contribution in [2.45, 2.75) is 13.3 Å². The number of benzene rings is 1. The van der Waals surface area contributed by atoms with Crippen LogP contribution in [-0.2, 0) is 6.42 Å². The number of aromatic amines is 1. The maximum Gasteiger partial charge on any atom is 0.205 e. The van der Waals surface area contributed by atoms with Crippen molar-refractivity contribution in [3.63, 3.8) is 0 Å². The summed E-state index contributed by atoms with van der Waals surface area (Å²) in [6.07, 6.45) is 0.898. The zero-order valence-corrected chi connectivity index (χ0v) is 13.3. The van der Waals surface area contributed by atoms with E-state index in [9.17, 15) is 0 Å². The highest BCUT2D eigenvalue weighted by atomic mass is 32.1. The van der Waals surface area contributed by atoms with Crippen molar-refractivity contribution in [2.24, 2.45) is 0 Å². The lowest BCUT2D eigenvalue weighted by atomic mass is 10.3. The topological polar surface area (TPSA) is 60.9 Å². The quantitative estimate of drug-likeness (QED) is 0.804. The van der Waals surface area contributed by atoms with E-state index in [0.717, 1.165) is 60.5 Å². The van der Waals surface area contributed by atoms with Crippen LogP contribution in [0.15, 0.2) is 24.3 Å². The fraction of sp³-hybridized carbons (Fsp3) is 0.400. The number of hydrogen-bond acceptors (Lipinski definition) is 6. The number of para-hydroxylation sites is 2. The minimum Gasteiger partial charge on any atom is -0.343 e. The molecule has 114 valence electrons. The minimum absolute atomic E-state index is 0.898. The number of anilines is 2. The molecule has 0 unspecified atom stereocenters. The number of nitrogens with one attached hydrogen (secondary N) is 1. The number of H-pyrrole nitrogens is 1. The first-order valence-corrected chi connectivity index (χ1v) is 8.38. The number of hydrogen-bond donors (Lipinski definition) is 1. The Morgan fingerprint density at radius 1 is 1.09 bits per heavy atom. The second-order valence-electron chi connectivity index (χ2n) is 5.40. The van der Waals surface area contributed by atoms with Gasteiger partial charge in [0.05, 0.1) is 11.0 Å². The van der Waals surface area contributed by atoms with Crippen LogP contribution < -0.4 is 9.80 Å². The Kier molecular flexibility index (Phi) is 3.42. The van der Waals surface area contributed by atoms with Crippen LogP contribution in [0.25, 0.3) is 11.0 Å². The molecule has 3 aromatic rings. The zero-order chi connectivity index (χ0) is 14.9. The largest absolute Gasteiger partial charge is 0.343 e. The van der Waals surface area contributed by atoms with E-state index in [-0.39, 0.29) is 0 Å². The van der Waals surface area contributed by atoms with Gasteiger partial charge < -0.3 is 14.8 Å². The summed E-state index contributed by atoms with van der Waals surface area (Å²) in [5.74, 6) is 1.91. The smallest absolute Gasteiger partial charge is 0.205 e. The van der Waals surface area contributed by atoms with Gasteiger partial charge in [0.25, 0.3) is 0 Å². The molecule has 0 radical (unpaired) electrons. The molecule has 7 heteroatoms. The number of nitrogens with zero attached hydrogens (tertiary/aromatic N) is 5. The van der Waals surface area contributed by atoms with E-state index in [1.165, 1.54) is 11.5 Å². The molecule has 1 aromatic carbocycles. The van der Waals surface area contributed by atoms with E-state index < -0.39 is 0 Å². The first kappa shape index (κ1) is 13.5. The molecule has 1 aliphatic rings. The lowest BCUT2D eigenvalue weighted by Crippen LogP contribution is -2.46. The van der Waals surface area contributed by atoms with Crippen LogP contribution in [0.3, 0.4) is 0 Å². The van der Waals surface area contributed by atoms with Gasteiger partial charge in [-0.1, -0.05) is 19.1 Å². The van der Waals surface area contributed by atoms with Gasteiger partial charge in [-0.15, -0.1) is 0 Å². The predicted octanol–water partition coefficient (Wildman–Crippen LogP) is 2.30. The Hall–Kier alpha value is -2.15. The molecule has 6 nitrogen and oxygen atoms in total. The van der Waals surface area contributed by atoms with Gasteiger partial charge in [-0.25, -0.2) is 9.97 Å². The zero-order valence-electron chi connectivity index (χ0n) is 12.5. The summed E-state index contributed by atoms with van der Waals surface area (Å²) < 4.78 is 4.37. The molecule has 1 fully saturated rings. The van der Waals surface area contributed by atoms with Crippen LogP contribution in [0, 0.1) is 0 Å². The Bertz CT molecular complexity index is 738. The van der Waals surface area contributed by atoms with Crippen LogP contribution >= 0.6 is 11.5 Å². The van der Waals surface area contributed by atoms with Gasteiger partial charge in [0.2, 0.25) is 11.1 Å². The molecule has 0 atom stereocenters. The first-order chi connectivity index (χ1) is 10.8. The second kappa shape index (κ2) is 5.57. The molecule has 0 amide bonds. The minimum atomic E-state index is 0.898. The average Bonchev–Trinajstić information content (AvgIpc) is 3.21. The van der Waals surface area contributed by atoms with Gasteiger partial charge in [-0.3, -0.25) is 0 Å². The third kappa shape index (κ3) is 2.41. The molecule has 0 spiro atoms. The average molecular weight is 314 g/mol. The van der Waals surface area contributed by atoms with Gasteiger partial charge >= 0.3 is 0 Å². The van der Waals surface area contributed by atoms with Crippen LogP contribution in [-0.4, -0.2) is 45.5 Å². The third-order valence-corrected chi connectivity index (χ3v) is 4.82. The van der Waals surface area contributed by atoms with E-state index >= 15 is 0 Å². The van der Waals surface area contributed by atoms with Crippen LogP contribution in [0.4, 0.5) is 11.1 Å². The highest BCUT2D eigenvalue weighted by Gasteiger charge is 2.21. The van der Waals surface area contributed by atoms with E-state index in [4.69, 9.17) is 0 Å². The van der Waals surface area contributed by atoms with Gasteiger partial charge in [-0.05, 0) is 12.1 Å². The second-order valence-corrected chi connectivity index (χ2v) is 6.13. The summed E-state index contributed by atoms with van der Waals surface area (Å²) in [6, 6.07) is 8.16. The number of piperazine rings is 1. The Labute approximate surface area is 133 Å². The normalized spacial score (nSPS) is 15.7. The SMILES string of the molecule is CCc1nsc(N2CCN(c3nc4ccccc4[nH]3)CC2)n1. The predicted molar refractivity (Wildman–Crippen MR) is 89.8 cm³/mol. The van der Waals surface area contributed by atoms with E-state index in [2.05, 4.69) is 42.1 Å². The summed E-state index contributed by atoms with van der Waals surface area (Å²) in [7, 11) is 0. The Morgan fingerprint density at radius 2 is 1.86 bits per heavy atom. The summed E-state index contributed by atoms with van der Waals surface area (Å²) in [4.78, 5) is 17.3. The maximum atomic E-state index is 4.68. The molecule has 2 aromatic heterocycles. The van der Waals surface area contributed by atoms with Crippen molar-refractivity contribution in [3.05, 3.63) is 30.1 Å². The van der Waals surface area contributed by atoms with Crippen LogP contribution in [0.2, 0.25) is 0 Å². The Balaban J connectivity index is 1.47. The van der Waals surface area contributed by atoms with Crippen molar-refractivity contribution in [3.8, 4) is 0 Å². The fourth-order valence-electron chi connectivity index (χ4n) is 2.72. The molecule has 0 aliphatic carbocycles. The molecule has 4 rings (SSSR count). The third-order valence-electron chi connectivity index (χ3n) is 4.00. The van der Waals surface area contributed by atoms with E-state index in [0.29, 0.717) is 0 Å². The lowest BCUT2D eigenvalue weighted by molar-refractivity contribution is 0.641. The molecule has 1 saturated heterocycles. The Morgan fingerprint density at radius 3 is 2.59 bits per heavy atom. The standard InChI is InChI=1S/C15H18N6S/c1-2-13-18-15(22-19-13)21-9-7-20(8-10-21)14-16-11-5-3-4-6-12(11)17-14/h3-6H,2,7-10H2,1H3,(H,16,17). The summed E-state index contributed by atoms with van der Waals surface area (Å²) in [5, 5.41) is 1.04. The van der Waals surface area contributed by atoms with E-state index in [1.807, 2.05) is 18.2 Å². The van der Waals surface area contributed by atoms with Crippen molar-refractivity contribution in [2.75, 3.05) is 36.0 Å². The van der Waals surface area contributed by atoms with Crippen LogP contribution in [0.1, 0.15) is 12.7 Å². The molecule has 1 aliphatic heterocycles. The van der Waals surface area contributed by atoms with Crippen molar-refractivity contribution in [1.29, 1.82) is 0 Å². The summed E-state index contributed by atoms with van der Waals surface area (Å²) >= 11 is 1.50. The molecule has 1 N–H and O–H groups in total. The fourth-order valence-corrected chi connectivity index (χ4v) is 3.52. The van der Waals surface area contributed by atoms with Crippen LogP contribution in [0.5, 0.6) is 0 Å². The van der Waals surface area contributed by atoms with Crippen molar-refractivity contribution in [1.82, 2.24) is 19.3 Å². The van der Waals surface area contributed by atoms with Gasteiger partial charge in [0.1, 0.15) is 5.82 Å². The van der Waals surface area contributed by atoms with E-state index in [1.54, 1.807) is 0 Å². The number of aryl methyl sites for hydroxylation is 1. The summed E-state index contributed by atoms with van der Waals surface area (Å²) in [5.41, 5.74) is 2.12. The first-order valence-electron chi connectivity index (χ1n) is 7.60. The van der Waals surface area contributed by atoms with Crippen molar-refractivity contribution >= 4 is 33.6 Å². The van der Waals surface area contributed by atoms with Gasteiger partial charge in [0, 0.05) is 44.1 Å². The molecular weight excluding hydrogens is 296 g/mol.